The Morgan fingerprint density at radius 3 is 2.36 bits per heavy atom. The zero-order valence-corrected chi connectivity index (χ0v) is 22.3. The highest BCUT2D eigenvalue weighted by Crippen LogP contribution is 2.36. The monoisotopic (exact) mass is 510 g/mol. The van der Waals surface area contributed by atoms with E-state index in [1.807, 2.05) is 26.2 Å². The molecular formula is C28H39FN6S. The molecule has 8 heteroatoms. The van der Waals surface area contributed by atoms with Crippen LogP contribution in [-0.2, 0) is 0 Å². The topological polar surface area (TPSA) is 37.0 Å². The van der Waals surface area contributed by atoms with Gasteiger partial charge in [0, 0.05) is 83.0 Å². The fourth-order valence-corrected chi connectivity index (χ4v) is 6.27. The van der Waals surface area contributed by atoms with Gasteiger partial charge in [0.05, 0.1) is 0 Å². The summed E-state index contributed by atoms with van der Waals surface area (Å²) in [7, 11) is 4.09. The van der Waals surface area contributed by atoms with Crippen molar-refractivity contribution in [2.75, 3.05) is 81.6 Å². The highest BCUT2D eigenvalue weighted by atomic mass is 32.1. The lowest BCUT2D eigenvalue weighted by Gasteiger charge is -2.51. The van der Waals surface area contributed by atoms with Crippen molar-refractivity contribution in [2.24, 2.45) is 11.8 Å². The van der Waals surface area contributed by atoms with Crippen LogP contribution in [0.3, 0.4) is 0 Å². The van der Waals surface area contributed by atoms with Crippen molar-refractivity contribution in [1.29, 1.82) is 0 Å². The Morgan fingerprint density at radius 2 is 1.72 bits per heavy atom. The largest absolute Gasteiger partial charge is 0.378 e. The molecule has 6 rings (SSSR count). The molecule has 0 amide bonds. The van der Waals surface area contributed by atoms with Crippen molar-refractivity contribution in [3.05, 3.63) is 54.3 Å². The van der Waals surface area contributed by atoms with Gasteiger partial charge in [-0.15, -0.1) is 0 Å². The predicted octanol–water partition coefficient (Wildman–Crippen LogP) is 3.71. The lowest BCUT2D eigenvalue weighted by atomic mass is 9.75. The summed E-state index contributed by atoms with van der Waals surface area (Å²) >= 11 is 5.58. The average Bonchev–Trinajstić information content (AvgIpc) is 2.89. The van der Waals surface area contributed by atoms with E-state index in [2.05, 4.69) is 54.5 Å². The number of fused-ring (bicyclic) bond motifs is 3. The maximum atomic E-state index is 13.2. The zero-order valence-electron chi connectivity index (χ0n) is 21.5. The van der Waals surface area contributed by atoms with Gasteiger partial charge in [-0.3, -0.25) is 9.80 Å². The molecule has 2 N–H and O–H groups in total. The average molecular weight is 511 g/mol. The Labute approximate surface area is 220 Å². The van der Waals surface area contributed by atoms with E-state index in [0.717, 1.165) is 55.9 Å². The van der Waals surface area contributed by atoms with Crippen LogP contribution in [0.15, 0.2) is 48.5 Å². The number of hydrogen-bond donors (Lipinski definition) is 2. The van der Waals surface area contributed by atoms with Crippen LogP contribution in [-0.4, -0.2) is 87.4 Å². The second kappa shape index (κ2) is 11.3. The molecule has 0 saturated carbocycles. The van der Waals surface area contributed by atoms with Gasteiger partial charge < -0.3 is 20.4 Å². The normalized spacial score (nSPS) is 26.0. The van der Waals surface area contributed by atoms with Crippen LogP contribution in [0.1, 0.15) is 12.8 Å². The summed E-state index contributed by atoms with van der Waals surface area (Å²) in [5.41, 5.74) is 3.32. The highest BCUT2D eigenvalue weighted by Gasteiger charge is 2.40. The number of nitrogens with zero attached hydrogens (tertiary/aromatic N) is 4. The molecule has 6 nitrogen and oxygen atoms in total. The first-order valence-corrected chi connectivity index (χ1v) is 13.6. The molecule has 194 valence electrons. The van der Waals surface area contributed by atoms with E-state index in [0.29, 0.717) is 11.2 Å². The summed E-state index contributed by atoms with van der Waals surface area (Å²) in [5.74, 6) is 1.39. The molecule has 4 heterocycles. The number of anilines is 3. The third kappa shape index (κ3) is 6.10. The quantitative estimate of drug-likeness (QED) is 0.550. The highest BCUT2D eigenvalue weighted by molar-refractivity contribution is 7.80. The molecule has 1 unspecified atom stereocenters. The van der Waals surface area contributed by atoms with Gasteiger partial charge in [-0.05, 0) is 92.0 Å². The van der Waals surface area contributed by atoms with Gasteiger partial charge in [-0.25, -0.2) is 4.39 Å². The first-order valence-electron chi connectivity index (χ1n) is 13.2. The van der Waals surface area contributed by atoms with Crippen molar-refractivity contribution >= 4 is 34.4 Å². The van der Waals surface area contributed by atoms with Gasteiger partial charge >= 0.3 is 0 Å². The number of rotatable bonds is 7. The van der Waals surface area contributed by atoms with Crippen molar-refractivity contribution in [2.45, 2.75) is 18.9 Å². The predicted molar refractivity (Wildman–Crippen MR) is 152 cm³/mol. The van der Waals surface area contributed by atoms with E-state index >= 15 is 0 Å². The minimum absolute atomic E-state index is 0.166. The molecule has 0 radical (unpaired) electrons. The molecule has 4 aliphatic heterocycles. The fraction of sp³-hybridized carbons (Fsp3) is 0.536. The van der Waals surface area contributed by atoms with Gasteiger partial charge in [0.1, 0.15) is 5.82 Å². The molecular weight excluding hydrogens is 471 g/mol. The molecule has 0 spiro atoms. The van der Waals surface area contributed by atoms with Crippen LogP contribution >= 0.6 is 12.2 Å². The fourth-order valence-electron chi connectivity index (χ4n) is 6.07. The second-order valence-electron chi connectivity index (χ2n) is 10.7. The minimum atomic E-state index is -0.166. The van der Waals surface area contributed by atoms with Gasteiger partial charge in [-0.2, -0.15) is 0 Å². The third-order valence-corrected chi connectivity index (χ3v) is 8.46. The van der Waals surface area contributed by atoms with Gasteiger partial charge in [0.15, 0.2) is 5.11 Å². The first-order chi connectivity index (χ1) is 17.4. The lowest BCUT2D eigenvalue weighted by Crippen LogP contribution is -2.59. The number of nitrogens with one attached hydrogen (secondary N) is 2. The zero-order chi connectivity index (χ0) is 25.1. The smallest absolute Gasteiger partial charge is 0.170 e. The minimum Gasteiger partial charge on any atom is -0.378 e. The van der Waals surface area contributed by atoms with Crippen molar-refractivity contribution < 1.29 is 4.39 Å². The molecule has 4 saturated heterocycles. The Morgan fingerprint density at radius 1 is 1.00 bits per heavy atom. The molecule has 0 aromatic heterocycles. The Kier molecular flexibility index (Phi) is 7.93. The summed E-state index contributed by atoms with van der Waals surface area (Å²) in [5, 5.41) is 7.50. The van der Waals surface area contributed by atoms with E-state index < -0.39 is 0 Å². The van der Waals surface area contributed by atoms with Crippen LogP contribution in [0.4, 0.5) is 21.5 Å². The number of piperazine rings is 1. The molecule has 2 aromatic carbocycles. The molecule has 36 heavy (non-hydrogen) atoms. The van der Waals surface area contributed by atoms with Crippen LogP contribution in [0.25, 0.3) is 0 Å². The van der Waals surface area contributed by atoms with Crippen molar-refractivity contribution in [3.63, 3.8) is 0 Å². The number of piperidine rings is 3. The third-order valence-electron chi connectivity index (χ3n) is 8.21. The number of hydrogen-bond acceptors (Lipinski definition) is 5. The Balaban J connectivity index is 1.05. The summed E-state index contributed by atoms with van der Waals surface area (Å²) in [6, 6.07) is 15.8. The van der Waals surface area contributed by atoms with Crippen LogP contribution in [0.2, 0.25) is 0 Å². The van der Waals surface area contributed by atoms with Crippen LogP contribution < -0.4 is 20.4 Å². The maximum absolute atomic E-state index is 13.2. The van der Waals surface area contributed by atoms with Crippen molar-refractivity contribution in [1.82, 2.24) is 15.1 Å². The van der Waals surface area contributed by atoms with E-state index in [1.165, 1.54) is 38.2 Å². The number of halogens is 1. The Hall–Kier alpha value is -2.42. The summed E-state index contributed by atoms with van der Waals surface area (Å²) < 4.78 is 13.2. The van der Waals surface area contributed by atoms with E-state index in [9.17, 15) is 4.39 Å². The van der Waals surface area contributed by atoms with Gasteiger partial charge in [-0.1, -0.05) is 0 Å². The lowest BCUT2D eigenvalue weighted by molar-refractivity contribution is -0.0110. The van der Waals surface area contributed by atoms with Gasteiger partial charge in [0.2, 0.25) is 0 Å². The summed E-state index contributed by atoms with van der Waals surface area (Å²) in [6.45, 7) is 8.70. The SMILES string of the molecule is CN(C)c1ccc(NC(=S)NC[C@H]2C[C@H]3CCN2C[C@@H]3CN2CCN(c3ccc(F)cc3)CC2)cc1. The molecule has 4 atom stereocenters. The molecule has 2 aromatic rings. The second-order valence-corrected chi connectivity index (χ2v) is 11.1. The van der Waals surface area contributed by atoms with E-state index in [-0.39, 0.29) is 5.82 Å². The van der Waals surface area contributed by atoms with Crippen LogP contribution in [0.5, 0.6) is 0 Å². The summed E-state index contributed by atoms with van der Waals surface area (Å²) in [4.78, 5) is 9.79. The van der Waals surface area contributed by atoms with E-state index in [4.69, 9.17) is 12.2 Å². The standard InChI is InChI=1S/C28H39FN6S/c1-32(2)25-9-5-24(6-10-25)31-28(36)30-18-27-17-21-11-12-35(27)20-22(21)19-33-13-15-34(16-14-33)26-7-3-23(29)4-8-26/h3-10,21-22,27H,11-20H2,1-2H3,(H2,30,31,36)/t21-,22+,27-/m1/s1. The molecule has 4 aliphatic rings. The maximum Gasteiger partial charge on any atom is 0.170 e. The van der Waals surface area contributed by atoms with Crippen molar-refractivity contribution in [3.8, 4) is 0 Å². The van der Waals surface area contributed by atoms with Gasteiger partial charge in [0.25, 0.3) is 0 Å². The van der Waals surface area contributed by atoms with E-state index in [1.54, 1.807) is 12.1 Å². The summed E-state index contributed by atoms with van der Waals surface area (Å²) in [6.07, 6.45) is 2.57. The first kappa shape index (κ1) is 25.2. The molecule has 0 aliphatic carbocycles. The number of benzene rings is 2. The van der Waals surface area contributed by atoms with Crippen LogP contribution in [0, 0.1) is 17.7 Å². The number of thiocarbonyl (C=S) groups is 1. The molecule has 2 bridgehead atoms. The Bertz CT molecular complexity index is 1010. The molecule has 4 fully saturated rings.